The fourth-order valence-electron chi connectivity index (χ4n) is 2.70. The molecule has 4 rings (SSSR count). The molecule has 0 saturated heterocycles. The summed E-state index contributed by atoms with van der Waals surface area (Å²) in [6, 6.07) is 6.41. The SMILES string of the molecule is O=c1c(NCc2ccc(-c3noc(C(F)(F)F)n3)cn2)c(Nc2ccc(F)cc2Cl)c1=O. The van der Waals surface area contributed by atoms with Crippen molar-refractivity contribution in [2.24, 2.45) is 0 Å². The predicted octanol–water partition coefficient (Wildman–Crippen LogP) is 3.89. The Morgan fingerprint density at radius 1 is 1.06 bits per heavy atom. The molecule has 0 atom stereocenters. The maximum Gasteiger partial charge on any atom is 0.471 e. The average Bonchev–Trinajstić information content (AvgIpc) is 3.25. The number of nitrogens with one attached hydrogen (secondary N) is 2. The van der Waals surface area contributed by atoms with Crippen LogP contribution in [0.3, 0.4) is 0 Å². The molecule has 0 spiro atoms. The molecule has 0 bridgehead atoms. The topological polar surface area (TPSA) is 110 Å². The van der Waals surface area contributed by atoms with Crippen molar-refractivity contribution >= 4 is 28.7 Å². The zero-order chi connectivity index (χ0) is 23.0. The van der Waals surface area contributed by atoms with Crippen LogP contribution < -0.4 is 21.5 Å². The quantitative estimate of drug-likeness (QED) is 0.324. The number of hydrogen-bond acceptors (Lipinski definition) is 8. The summed E-state index contributed by atoms with van der Waals surface area (Å²) >= 11 is 5.92. The van der Waals surface area contributed by atoms with Gasteiger partial charge in [0.25, 0.3) is 10.9 Å². The summed E-state index contributed by atoms with van der Waals surface area (Å²) in [5, 5.41) is 8.75. The van der Waals surface area contributed by atoms with Crippen LogP contribution in [0.4, 0.5) is 34.6 Å². The fourth-order valence-corrected chi connectivity index (χ4v) is 2.92. The summed E-state index contributed by atoms with van der Waals surface area (Å²) in [5.74, 6) is -2.32. The molecule has 164 valence electrons. The van der Waals surface area contributed by atoms with Crippen LogP contribution in [0.5, 0.6) is 0 Å². The Morgan fingerprint density at radius 2 is 1.81 bits per heavy atom. The number of benzene rings is 1. The second-order valence-corrected chi connectivity index (χ2v) is 6.88. The number of rotatable bonds is 6. The van der Waals surface area contributed by atoms with Gasteiger partial charge in [0.2, 0.25) is 5.82 Å². The molecule has 13 heteroatoms. The highest BCUT2D eigenvalue weighted by Crippen LogP contribution is 2.30. The van der Waals surface area contributed by atoms with E-state index < -0.39 is 28.7 Å². The van der Waals surface area contributed by atoms with Crippen LogP contribution in [-0.2, 0) is 12.7 Å². The molecule has 2 aromatic heterocycles. The molecule has 2 N–H and O–H groups in total. The van der Waals surface area contributed by atoms with Gasteiger partial charge >= 0.3 is 12.1 Å². The zero-order valence-electron chi connectivity index (χ0n) is 15.6. The van der Waals surface area contributed by atoms with Gasteiger partial charge in [0.1, 0.15) is 17.2 Å². The van der Waals surface area contributed by atoms with E-state index in [2.05, 4.69) is 30.3 Å². The summed E-state index contributed by atoms with van der Waals surface area (Å²) in [7, 11) is 0. The second kappa shape index (κ2) is 8.04. The Bertz CT molecular complexity index is 1360. The van der Waals surface area contributed by atoms with Crippen molar-refractivity contribution in [1.82, 2.24) is 15.1 Å². The van der Waals surface area contributed by atoms with Crippen LogP contribution in [0.1, 0.15) is 11.6 Å². The van der Waals surface area contributed by atoms with E-state index in [0.29, 0.717) is 5.69 Å². The number of nitrogens with zero attached hydrogens (tertiary/aromatic N) is 3. The molecule has 2 heterocycles. The van der Waals surface area contributed by atoms with Gasteiger partial charge in [-0.2, -0.15) is 18.2 Å². The van der Waals surface area contributed by atoms with Crippen molar-refractivity contribution < 1.29 is 22.1 Å². The maximum atomic E-state index is 13.2. The molecular formula is C19H10ClF4N5O3. The van der Waals surface area contributed by atoms with E-state index in [-0.39, 0.29) is 40.0 Å². The fraction of sp³-hybridized carbons (Fsp3) is 0.105. The Morgan fingerprint density at radius 3 is 2.44 bits per heavy atom. The van der Waals surface area contributed by atoms with Crippen molar-refractivity contribution in [3.63, 3.8) is 0 Å². The van der Waals surface area contributed by atoms with Crippen molar-refractivity contribution in [2.45, 2.75) is 12.7 Å². The molecular weight excluding hydrogens is 458 g/mol. The molecule has 32 heavy (non-hydrogen) atoms. The van der Waals surface area contributed by atoms with Gasteiger partial charge in [-0.15, -0.1) is 0 Å². The third-order valence-corrected chi connectivity index (χ3v) is 4.61. The zero-order valence-corrected chi connectivity index (χ0v) is 16.4. The average molecular weight is 468 g/mol. The second-order valence-electron chi connectivity index (χ2n) is 6.47. The largest absolute Gasteiger partial charge is 0.471 e. The monoisotopic (exact) mass is 467 g/mol. The Kier molecular flexibility index (Phi) is 5.38. The molecule has 0 radical (unpaired) electrons. The van der Waals surface area contributed by atoms with Crippen LogP contribution in [-0.4, -0.2) is 15.1 Å². The van der Waals surface area contributed by atoms with E-state index in [1.165, 1.54) is 24.4 Å². The highest BCUT2D eigenvalue weighted by Gasteiger charge is 2.38. The summed E-state index contributed by atoms with van der Waals surface area (Å²) in [6.07, 6.45) is -3.52. The van der Waals surface area contributed by atoms with Crippen LogP contribution in [0.25, 0.3) is 11.4 Å². The number of aromatic nitrogens is 3. The highest BCUT2D eigenvalue weighted by atomic mass is 35.5. The number of anilines is 3. The number of alkyl halides is 3. The van der Waals surface area contributed by atoms with Gasteiger partial charge in [0.05, 0.1) is 22.9 Å². The van der Waals surface area contributed by atoms with Crippen LogP contribution >= 0.6 is 11.6 Å². The molecule has 0 saturated carbocycles. The van der Waals surface area contributed by atoms with Gasteiger partial charge in [-0.1, -0.05) is 16.8 Å². The number of pyridine rings is 1. The van der Waals surface area contributed by atoms with Gasteiger partial charge < -0.3 is 15.2 Å². The number of hydrogen-bond donors (Lipinski definition) is 2. The molecule has 4 aromatic rings. The lowest BCUT2D eigenvalue weighted by molar-refractivity contribution is -0.159. The van der Waals surface area contributed by atoms with Gasteiger partial charge in [0.15, 0.2) is 0 Å². The predicted molar refractivity (Wildman–Crippen MR) is 106 cm³/mol. The summed E-state index contributed by atoms with van der Waals surface area (Å²) in [4.78, 5) is 31.1. The van der Waals surface area contributed by atoms with Gasteiger partial charge in [0, 0.05) is 11.8 Å². The third kappa shape index (κ3) is 4.17. The molecule has 0 amide bonds. The summed E-state index contributed by atoms with van der Waals surface area (Å²) in [6.45, 7) is 0.0248. The standard InChI is InChI=1S/C19H10ClF4N5O3/c20-11-5-9(21)2-4-12(11)27-14-13(15(30)16(14)31)26-7-10-3-1-8(6-25-10)17-28-18(32-29-17)19(22,23)24/h1-6,26-27H,7H2. The summed E-state index contributed by atoms with van der Waals surface area (Å²) < 4.78 is 55.0. The smallest absolute Gasteiger partial charge is 0.374 e. The van der Waals surface area contributed by atoms with Gasteiger partial charge in [-0.25, -0.2) is 4.39 Å². The minimum atomic E-state index is -4.76. The minimum Gasteiger partial charge on any atom is -0.374 e. The Balaban J connectivity index is 1.45. The normalized spacial score (nSPS) is 11.7. The lowest BCUT2D eigenvalue weighted by Gasteiger charge is -2.15. The molecule has 0 unspecified atom stereocenters. The lowest BCUT2D eigenvalue weighted by atomic mass is 10.1. The molecule has 0 aliphatic carbocycles. The van der Waals surface area contributed by atoms with Crippen molar-refractivity contribution in [3.8, 4) is 11.4 Å². The van der Waals surface area contributed by atoms with E-state index >= 15 is 0 Å². The number of halogens is 5. The van der Waals surface area contributed by atoms with Gasteiger partial charge in [-0.3, -0.25) is 14.6 Å². The Hall–Kier alpha value is -3.80. The van der Waals surface area contributed by atoms with E-state index in [4.69, 9.17) is 11.6 Å². The highest BCUT2D eigenvalue weighted by molar-refractivity contribution is 6.33. The van der Waals surface area contributed by atoms with Crippen molar-refractivity contribution in [1.29, 1.82) is 0 Å². The van der Waals surface area contributed by atoms with Crippen LogP contribution in [0, 0.1) is 5.82 Å². The first kappa shape index (κ1) is 21.4. The maximum absolute atomic E-state index is 13.2. The Labute approximate surface area is 180 Å². The molecule has 0 fully saturated rings. The minimum absolute atomic E-state index is 0.00532. The molecule has 0 aliphatic heterocycles. The van der Waals surface area contributed by atoms with E-state index in [1.807, 2.05) is 0 Å². The molecule has 8 nitrogen and oxygen atoms in total. The van der Waals surface area contributed by atoms with E-state index in [0.717, 1.165) is 12.1 Å². The first-order chi connectivity index (χ1) is 15.1. The summed E-state index contributed by atoms with van der Waals surface area (Å²) in [5.41, 5.74) is -0.727. The van der Waals surface area contributed by atoms with Crippen LogP contribution in [0.2, 0.25) is 5.02 Å². The van der Waals surface area contributed by atoms with E-state index in [9.17, 15) is 27.2 Å². The van der Waals surface area contributed by atoms with E-state index in [1.54, 1.807) is 0 Å². The first-order valence-electron chi connectivity index (χ1n) is 8.79. The third-order valence-electron chi connectivity index (χ3n) is 4.30. The van der Waals surface area contributed by atoms with Crippen molar-refractivity contribution in [3.05, 3.63) is 79.4 Å². The van der Waals surface area contributed by atoms with Crippen molar-refractivity contribution in [2.75, 3.05) is 10.6 Å². The van der Waals surface area contributed by atoms with Gasteiger partial charge in [-0.05, 0) is 30.3 Å². The van der Waals surface area contributed by atoms with Crippen LogP contribution in [0.15, 0.2) is 50.6 Å². The lowest BCUT2D eigenvalue weighted by Crippen LogP contribution is -2.36. The first-order valence-corrected chi connectivity index (χ1v) is 9.16. The molecule has 2 aromatic carbocycles. The molecule has 0 aliphatic rings.